The molecule has 2 atom stereocenters. The van der Waals surface area contributed by atoms with Crippen molar-refractivity contribution in [2.24, 2.45) is 11.8 Å². The van der Waals surface area contributed by atoms with Crippen molar-refractivity contribution in [2.45, 2.75) is 50.5 Å². The van der Waals surface area contributed by atoms with Gasteiger partial charge in [-0.2, -0.15) is 0 Å². The zero-order valence-corrected chi connectivity index (χ0v) is 14.3. The maximum Gasteiger partial charge on any atom is 0.222 e. The summed E-state index contributed by atoms with van der Waals surface area (Å²) in [5.41, 5.74) is 1.47. The van der Waals surface area contributed by atoms with Crippen LogP contribution in [0.2, 0.25) is 0 Å². The molecule has 0 bridgehead atoms. The quantitative estimate of drug-likeness (QED) is 0.893. The fourth-order valence-corrected chi connectivity index (χ4v) is 4.94. The largest absolute Gasteiger partial charge is 0.508 e. The molecule has 4 rings (SSSR count). The number of phenolic OH excluding ortho intramolecular Hbond substituents is 1. The van der Waals surface area contributed by atoms with E-state index in [9.17, 15) is 9.90 Å². The van der Waals surface area contributed by atoms with E-state index >= 15 is 0 Å². The van der Waals surface area contributed by atoms with Gasteiger partial charge in [-0.1, -0.05) is 12.1 Å². The summed E-state index contributed by atoms with van der Waals surface area (Å²) < 4.78 is 0. The Kier molecular flexibility index (Phi) is 4.25. The van der Waals surface area contributed by atoms with Crippen molar-refractivity contribution in [1.29, 1.82) is 0 Å². The average Bonchev–Trinajstić information content (AvgIpc) is 3.13. The summed E-state index contributed by atoms with van der Waals surface area (Å²) in [5.74, 6) is 1.75. The molecule has 4 heteroatoms. The Labute approximate surface area is 144 Å². The fraction of sp³-hybridized carbons (Fsp3) is 0.650. The van der Waals surface area contributed by atoms with E-state index in [0.717, 1.165) is 45.3 Å². The lowest BCUT2D eigenvalue weighted by molar-refractivity contribution is -0.132. The predicted molar refractivity (Wildman–Crippen MR) is 93.8 cm³/mol. The molecule has 1 spiro atoms. The second kappa shape index (κ2) is 6.40. The molecule has 2 N–H and O–H groups in total. The highest BCUT2D eigenvalue weighted by Gasteiger charge is 2.47. The van der Waals surface area contributed by atoms with Crippen molar-refractivity contribution in [3.05, 3.63) is 29.8 Å². The number of nitrogens with one attached hydrogen (secondary N) is 1. The van der Waals surface area contributed by atoms with Crippen molar-refractivity contribution in [2.75, 3.05) is 19.6 Å². The van der Waals surface area contributed by atoms with Crippen LogP contribution in [0.1, 0.15) is 44.1 Å². The third-order valence-electron chi connectivity index (χ3n) is 6.49. The van der Waals surface area contributed by atoms with Crippen molar-refractivity contribution >= 4 is 5.91 Å². The number of nitrogens with zero attached hydrogens (tertiary/aromatic N) is 1. The third-order valence-corrected chi connectivity index (χ3v) is 6.49. The van der Waals surface area contributed by atoms with Gasteiger partial charge in [-0.3, -0.25) is 4.79 Å². The van der Waals surface area contributed by atoms with Gasteiger partial charge >= 0.3 is 0 Å². The van der Waals surface area contributed by atoms with E-state index in [4.69, 9.17) is 0 Å². The lowest BCUT2D eigenvalue weighted by atomic mass is 9.68. The normalized spacial score (nSPS) is 28.2. The molecule has 1 amide bonds. The first kappa shape index (κ1) is 15.9. The lowest BCUT2D eigenvalue weighted by Crippen LogP contribution is -2.51. The summed E-state index contributed by atoms with van der Waals surface area (Å²) in [5, 5.41) is 13.3. The van der Waals surface area contributed by atoms with Gasteiger partial charge in [0.25, 0.3) is 0 Å². The Hall–Kier alpha value is -1.55. The first-order valence-corrected chi connectivity index (χ1v) is 9.45. The number of amides is 1. The second-order valence-corrected chi connectivity index (χ2v) is 7.99. The summed E-state index contributed by atoms with van der Waals surface area (Å²) in [4.78, 5) is 14.8. The van der Waals surface area contributed by atoms with E-state index in [1.165, 1.54) is 24.8 Å². The Morgan fingerprint density at radius 3 is 2.96 bits per heavy atom. The van der Waals surface area contributed by atoms with Crippen LogP contribution in [-0.4, -0.2) is 41.1 Å². The Bertz CT molecular complexity index is 611. The van der Waals surface area contributed by atoms with Crippen LogP contribution in [0.15, 0.2) is 24.3 Å². The maximum absolute atomic E-state index is 12.7. The van der Waals surface area contributed by atoms with E-state index in [1.54, 1.807) is 6.07 Å². The topological polar surface area (TPSA) is 52.6 Å². The molecule has 130 valence electrons. The van der Waals surface area contributed by atoms with Gasteiger partial charge < -0.3 is 15.3 Å². The van der Waals surface area contributed by atoms with Gasteiger partial charge in [-0.05, 0) is 74.6 Å². The number of benzene rings is 1. The molecular weight excluding hydrogens is 300 g/mol. The monoisotopic (exact) mass is 328 g/mol. The van der Waals surface area contributed by atoms with Gasteiger partial charge in [-0.25, -0.2) is 0 Å². The molecule has 4 nitrogen and oxygen atoms in total. The smallest absolute Gasteiger partial charge is 0.222 e. The molecular formula is C20H28N2O2. The molecule has 1 aliphatic carbocycles. The van der Waals surface area contributed by atoms with Crippen molar-refractivity contribution in [3.8, 4) is 5.75 Å². The molecule has 2 heterocycles. The highest BCUT2D eigenvalue weighted by molar-refractivity contribution is 5.77. The Morgan fingerprint density at radius 1 is 1.33 bits per heavy atom. The van der Waals surface area contributed by atoms with Crippen LogP contribution in [0, 0.1) is 11.8 Å². The number of carbonyl (C=O) groups is 1. The first-order valence-electron chi connectivity index (χ1n) is 9.45. The first-order chi connectivity index (χ1) is 11.6. The number of hydrogen-bond donors (Lipinski definition) is 2. The van der Waals surface area contributed by atoms with Gasteiger partial charge in [0.2, 0.25) is 5.91 Å². The molecule has 0 radical (unpaired) electrons. The van der Waals surface area contributed by atoms with Gasteiger partial charge in [0.15, 0.2) is 0 Å². The van der Waals surface area contributed by atoms with E-state index in [2.05, 4.69) is 16.3 Å². The number of phenols is 1. The summed E-state index contributed by atoms with van der Waals surface area (Å²) in [6, 6.07) is 7.51. The SMILES string of the molecule is O=C(CC1CCNC12CCC2)N1CCC(Cc2cccc(O)c2)C1. The van der Waals surface area contributed by atoms with E-state index < -0.39 is 0 Å². The standard InChI is InChI=1S/C20H28N2O2/c23-18-4-1-3-15(12-18)11-16-6-10-22(14-16)19(24)13-17-5-9-21-20(17)7-2-8-20/h1,3-4,12,16-17,21,23H,2,5-11,13-14H2. The fourth-order valence-electron chi connectivity index (χ4n) is 4.94. The molecule has 0 aromatic heterocycles. The van der Waals surface area contributed by atoms with Crippen molar-refractivity contribution in [3.63, 3.8) is 0 Å². The highest BCUT2D eigenvalue weighted by Crippen LogP contribution is 2.45. The number of hydrogen-bond acceptors (Lipinski definition) is 3. The summed E-state index contributed by atoms with van der Waals surface area (Å²) >= 11 is 0. The Balaban J connectivity index is 1.30. The highest BCUT2D eigenvalue weighted by atomic mass is 16.3. The molecule has 1 aromatic carbocycles. The van der Waals surface area contributed by atoms with Gasteiger partial charge in [0.05, 0.1) is 0 Å². The third kappa shape index (κ3) is 3.04. The average molecular weight is 328 g/mol. The Morgan fingerprint density at radius 2 is 2.21 bits per heavy atom. The molecule has 2 saturated heterocycles. The minimum atomic E-state index is 0.302. The zero-order valence-electron chi connectivity index (χ0n) is 14.3. The molecule has 1 saturated carbocycles. The van der Waals surface area contributed by atoms with Gasteiger partial charge in [-0.15, -0.1) is 0 Å². The van der Waals surface area contributed by atoms with Gasteiger partial charge in [0, 0.05) is 25.0 Å². The molecule has 2 aliphatic heterocycles. The predicted octanol–water partition coefficient (Wildman–Crippen LogP) is 2.71. The van der Waals surface area contributed by atoms with Crippen molar-refractivity contribution < 1.29 is 9.90 Å². The second-order valence-electron chi connectivity index (χ2n) is 7.99. The van der Waals surface area contributed by atoms with E-state index in [0.29, 0.717) is 29.0 Å². The van der Waals surface area contributed by atoms with Crippen molar-refractivity contribution in [1.82, 2.24) is 10.2 Å². The van der Waals surface area contributed by atoms with Crippen LogP contribution >= 0.6 is 0 Å². The molecule has 1 aromatic rings. The van der Waals surface area contributed by atoms with E-state index in [-0.39, 0.29) is 0 Å². The summed E-state index contributed by atoms with van der Waals surface area (Å²) in [6.07, 6.45) is 7.74. The maximum atomic E-state index is 12.7. The zero-order chi connectivity index (χ0) is 16.6. The number of carbonyl (C=O) groups excluding carboxylic acids is 1. The van der Waals surface area contributed by atoms with E-state index in [1.807, 2.05) is 12.1 Å². The minimum Gasteiger partial charge on any atom is -0.508 e. The number of aromatic hydroxyl groups is 1. The van der Waals surface area contributed by atoms with Crippen LogP contribution in [-0.2, 0) is 11.2 Å². The molecule has 24 heavy (non-hydrogen) atoms. The van der Waals surface area contributed by atoms with Crippen LogP contribution in [0.5, 0.6) is 5.75 Å². The molecule has 3 aliphatic rings. The van der Waals surface area contributed by atoms with Crippen LogP contribution < -0.4 is 5.32 Å². The number of rotatable bonds is 4. The number of likely N-dealkylation sites (tertiary alicyclic amines) is 1. The summed E-state index contributed by atoms with van der Waals surface area (Å²) in [6.45, 7) is 2.86. The molecule has 2 unspecified atom stereocenters. The van der Waals surface area contributed by atoms with Crippen LogP contribution in [0.25, 0.3) is 0 Å². The summed E-state index contributed by atoms with van der Waals surface area (Å²) in [7, 11) is 0. The van der Waals surface area contributed by atoms with Gasteiger partial charge in [0.1, 0.15) is 5.75 Å². The van der Waals surface area contributed by atoms with Crippen LogP contribution in [0.3, 0.4) is 0 Å². The minimum absolute atomic E-state index is 0.302. The lowest BCUT2D eigenvalue weighted by Gasteiger charge is -2.44. The van der Waals surface area contributed by atoms with Crippen LogP contribution in [0.4, 0.5) is 0 Å². The molecule has 3 fully saturated rings.